The first-order valence-corrected chi connectivity index (χ1v) is 7.36. The lowest BCUT2D eigenvalue weighted by atomic mass is 9.90. The van der Waals surface area contributed by atoms with Gasteiger partial charge in [-0.25, -0.2) is 0 Å². The predicted molar refractivity (Wildman–Crippen MR) is 84.2 cm³/mol. The van der Waals surface area contributed by atoms with Gasteiger partial charge in [0, 0.05) is 12.0 Å². The number of aliphatic hydroxyl groups is 1. The molecule has 0 aromatic heterocycles. The molecule has 5 nitrogen and oxygen atoms in total. The van der Waals surface area contributed by atoms with Gasteiger partial charge in [-0.3, -0.25) is 4.79 Å². The average molecular weight is 314 g/mol. The second-order valence-corrected chi connectivity index (χ2v) is 5.55. The summed E-state index contributed by atoms with van der Waals surface area (Å²) in [7, 11) is 1.46. The van der Waals surface area contributed by atoms with Crippen LogP contribution in [-0.2, 0) is 0 Å². The number of fused-ring (bicyclic) bond motifs is 1. The number of carbonyl (C=O) groups is 1. The molecule has 0 saturated carbocycles. The predicted octanol–water partition coefficient (Wildman–Crippen LogP) is 3.08. The molecule has 0 bridgehead atoms. The van der Waals surface area contributed by atoms with Gasteiger partial charge in [-0.1, -0.05) is 30.3 Å². The Kier molecular flexibility index (Phi) is 3.96. The quantitative estimate of drug-likeness (QED) is 0.852. The number of hydrogen-bond donors (Lipinski definition) is 2. The summed E-state index contributed by atoms with van der Waals surface area (Å²) in [6.07, 6.45) is -0.363. The Hall–Kier alpha value is -2.53. The SMILES string of the molecule is COc1c(C)c(O)c(C=O)c2c1C(O)C[C@@H](c1ccccc1)O2. The van der Waals surface area contributed by atoms with E-state index in [2.05, 4.69) is 0 Å². The smallest absolute Gasteiger partial charge is 0.157 e. The number of ether oxygens (including phenoxy) is 2. The largest absolute Gasteiger partial charge is 0.507 e. The van der Waals surface area contributed by atoms with Gasteiger partial charge in [-0.2, -0.15) is 0 Å². The van der Waals surface area contributed by atoms with E-state index in [1.165, 1.54) is 7.11 Å². The minimum Gasteiger partial charge on any atom is -0.507 e. The number of methoxy groups -OCH3 is 1. The Morgan fingerprint density at radius 2 is 2.00 bits per heavy atom. The highest BCUT2D eigenvalue weighted by Gasteiger charge is 2.35. The molecule has 2 aromatic rings. The van der Waals surface area contributed by atoms with Gasteiger partial charge in [-0.15, -0.1) is 0 Å². The minimum absolute atomic E-state index is 0.0398. The Bertz CT molecular complexity index is 739. The zero-order valence-corrected chi connectivity index (χ0v) is 12.9. The molecule has 1 heterocycles. The number of phenolic OH excluding ortho intramolecular Hbond substituents is 1. The molecule has 3 rings (SSSR count). The summed E-state index contributed by atoms with van der Waals surface area (Å²) in [5.41, 5.74) is 1.76. The molecule has 0 spiro atoms. The second kappa shape index (κ2) is 5.93. The monoisotopic (exact) mass is 314 g/mol. The van der Waals surface area contributed by atoms with Crippen molar-refractivity contribution in [3.8, 4) is 17.2 Å². The van der Waals surface area contributed by atoms with Gasteiger partial charge < -0.3 is 19.7 Å². The number of phenols is 1. The molecule has 0 radical (unpaired) electrons. The number of rotatable bonds is 3. The van der Waals surface area contributed by atoms with Gasteiger partial charge in [0.25, 0.3) is 0 Å². The van der Waals surface area contributed by atoms with Crippen LogP contribution in [0.2, 0.25) is 0 Å². The van der Waals surface area contributed by atoms with Crippen LogP contribution in [0.4, 0.5) is 0 Å². The van der Waals surface area contributed by atoms with E-state index in [0.29, 0.717) is 29.6 Å². The van der Waals surface area contributed by atoms with Crippen LogP contribution in [0.1, 0.15) is 45.7 Å². The van der Waals surface area contributed by atoms with Crippen molar-refractivity contribution >= 4 is 6.29 Å². The first kappa shape index (κ1) is 15.4. The van der Waals surface area contributed by atoms with Crippen molar-refractivity contribution in [3.63, 3.8) is 0 Å². The summed E-state index contributed by atoms with van der Waals surface area (Å²) in [6, 6.07) is 9.46. The highest BCUT2D eigenvalue weighted by Crippen LogP contribution is 2.51. The normalized spacial score (nSPS) is 19.6. The van der Waals surface area contributed by atoms with Crippen LogP contribution in [0.25, 0.3) is 0 Å². The van der Waals surface area contributed by atoms with Gasteiger partial charge >= 0.3 is 0 Å². The van der Waals surface area contributed by atoms with Crippen molar-refractivity contribution < 1.29 is 24.5 Å². The van der Waals surface area contributed by atoms with Crippen molar-refractivity contribution in [1.82, 2.24) is 0 Å². The van der Waals surface area contributed by atoms with Gasteiger partial charge in [0.05, 0.1) is 24.3 Å². The molecule has 5 heteroatoms. The molecule has 0 aliphatic carbocycles. The molecule has 0 fully saturated rings. The standard InChI is InChI=1S/C18H18O5/c1-10-16(21)12(9-19)18-15(17(10)22-2)13(20)8-14(23-18)11-6-4-3-5-7-11/h3-7,9,13-14,20-21H,8H2,1-2H3/t13?,14-/m0/s1. The molecule has 2 atom stereocenters. The van der Waals surface area contributed by atoms with Crippen molar-refractivity contribution in [2.24, 2.45) is 0 Å². The summed E-state index contributed by atoms with van der Waals surface area (Å²) >= 11 is 0. The molecule has 0 amide bonds. The Labute approximate surface area is 134 Å². The summed E-state index contributed by atoms with van der Waals surface area (Å²) in [5, 5.41) is 20.8. The molecule has 1 aliphatic heterocycles. The van der Waals surface area contributed by atoms with Crippen LogP contribution >= 0.6 is 0 Å². The van der Waals surface area contributed by atoms with Crippen molar-refractivity contribution in [3.05, 3.63) is 52.6 Å². The number of benzene rings is 2. The molecule has 23 heavy (non-hydrogen) atoms. The van der Waals surface area contributed by atoms with E-state index >= 15 is 0 Å². The van der Waals surface area contributed by atoms with E-state index in [-0.39, 0.29) is 17.1 Å². The molecular formula is C18H18O5. The molecular weight excluding hydrogens is 296 g/mol. The van der Waals surface area contributed by atoms with E-state index in [0.717, 1.165) is 5.56 Å². The van der Waals surface area contributed by atoms with Gasteiger partial charge in [0.1, 0.15) is 23.4 Å². The average Bonchev–Trinajstić information content (AvgIpc) is 2.57. The summed E-state index contributed by atoms with van der Waals surface area (Å²) in [6.45, 7) is 1.64. The van der Waals surface area contributed by atoms with E-state index in [9.17, 15) is 15.0 Å². The third-order valence-electron chi connectivity index (χ3n) is 4.21. The molecule has 0 saturated heterocycles. The fourth-order valence-electron chi connectivity index (χ4n) is 3.05. The van der Waals surface area contributed by atoms with Crippen molar-refractivity contribution in [1.29, 1.82) is 0 Å². The summed E-state index contributed by atoms with van der Waals surface area (Å²) in [4.78, 5) is 11.4. The maximum absolute atomic E-state index is 11.4. The maximum atomic E-state index is 11.4. The van der Waals surface area contributed by atoms with Crippen molar-refractivity contribution in [2.75, 3.05) is 7.11 Å². The van der Waals surface area contributed by atoms with Gasteiger partial charge in [0.15, 0.2) is 6.29 Å². The van der Waals surface area contributed by atoms with Crippen LogP contribution in [0.5, 0.6) is 17.2 Å². The third-order valence-corrected chi connectivity index (χ3v) is 4.21. The number of aldehydes is 1. The summed E-state index contributed by atoms with van der Waals surface area (Å²) < 4.78 is 11.3. The minimum atomic E-state index is -0.850. The highest BCUT2D eigenvalue weighted by atomic mass is 16.5. The van der Waals surface area contributed by atoms with Crippen LogP contribution in [-0.4, -0.2) is 23.6 Å². The van der Waals surface area contributed by atoms with Gasteiger partial charge in [0.2, 0.25) is 0 Å². The Balaban J connectivity index is 2.17. The van der Waals surface area contributed by atoms with E-state index in [1.807, 2.05) is 30.3 Å². The van der Waals surface area contributed by atoms with E-state index < -0.39 is 12.2 Å². The lowest BCUT2D eigenvalue weighted by Crippen LogP contribution is -2.21. The van der Waals surface area contributed by atoms with E-state index in [4.69, 9.17) is 9.47 Å². The topological polar surface area (TPSA) is 76.0 Å². The first-order valence-electron chi connectivity index (χ1n) is 7.36. The van der Waals surface area contributed by atoms with Crippen molar-refractivity contribution in [2.45, 2.75) is 25.6 Å². The van der Waals surface area contributed by atoms with Crippen LogP contribution < -0.4 is 9.47 Å². The lowest BCUT2D eigenvalue weighted by Gasteiger charge is -2.32. The Morgan fingerprint density at radius 1 is 1.30 bits per heavy atom. The number of hydrogen-bond acceptors (Lipinski definition) is 5. The fourth-order valence-corrected chi connectivity index (χ4v) is 3.05. The zero-order valence-electron chi connectivity index (χ0n) is 12.9. The van der Waals surface area contributed by atoms with Crippen LogP contribution in [0.15, 0.2) is 30.3 Å². The summed E-state index contributed by atoms with van der Waals surface area (Å²) in [5.74, 6) is 0.353. The lowest BCUT2D eigenvalue weighted by molar-refractivity contribution is 0.0619. The maximum Gasteiger partial charge on any atom is 0.157 e. The fraction of sp³-hybridized carbons (Fsp3) is 0.278. The van der Waals surface area contributed by atoms with Gasteiger partial charge in [-0.05, 0) is 12.5 Å². The van der Waals surface area contributed by atoms with Crippen LogP contribution in [0, 0.1) is 6.92 Å². The molecule has 2 N–H and O–H groups in total. The number of aliphatic hydroxyl groups excluding tert-OH is 1. The Morgan fingerprint density at radius 3 is 2.61 bits per heavy atom. The molecule has 1 unspecified atom stereocenters. The highest BCUT2D eigenvalue weighted by molar-refractivity contribution is 5.87. The molecule has 120 valence electrons. The number of carbonyl (C=O) groups excluding carboxylic acids is 1. The molecule has 2 aromatic carbocycles. The van der Waals surface area contributed by atoms with Crippen LogP contribution in [0.3, 0.4) is 0 Å². The van der Waals surface area contributed by atoms with E-state index in [1.54, 1.807) is 6.92 Å². The second-order valence-electron chi connectivity index (χ2n) is 5.55. The first-order chi connectivity index (χ1) is 11.1. The third kappa shape index (κ3) is 2.43. The zero-order chi connectivity index (χ0) is 16.6. The number of aromatic hydroxyl groups is 1. The molecule has 1 aliphatic rings.